The monoisotopic (exact) mass is 380 g/mol. The summed E-state index contributed by atoms with van der Waals surface area (Å²) >= 11 is 0. The number of piperazine rings is 1. The van der Waals surface area contributed by atoms with Gasteiger partial charge in [-0.3, -0.25) is 0 Å². The van der Waals surface area contributed by atoms with Crippen LogP contribution in [-0.2, 0) is 0 Å². The van der Waals surface area contributed by atoms with E-state index in [0.29, 0.717) is 13.1 Å². The molecule has 2 fully saturated rings. The number of benzene rings is 1. The minimum Gasteiger partial charge on any atom is -0.369 e. The highest BCUT2D eigenvalue weighted by Crippen LogP contribution is 2.20. The van der Waals surface area contributed by atoms with E-state index >= 15 is 0 Å². The van der Waals surface area contributed by atoms with Crippen LogP contribution in [0, 0.1) is 6.92 Å². The van der Waals surface area contributed by atoms with Gasteiger partial charge < -0.3 is 20.0 Å². The van der Waals surface area contributed by atoms with E-state index in [1.807, 2.05) is 24.0 Å². The number of hydrogen-bond donors (Lipinski definition) is 1. The Hall–Kier alpha value is -2.83. The van der Waals surface area contributed by atoms with Gasteiger partial charge >= 0.3 is 6.03 Å². The number of piperidine rings is 1. The standard InChI is InChI=1S/C21H28N6O/c1-17-22-10-9-20(23-17)25-12-14-26(15-13-25)21(28)24-18-6-5-11-27(16-18)19-7-3-2-4-8-19/h2-4,7-10,18H,5-6,11-16H2,1H3,(H,24,28). The molecule has 0 aliphatic carbocycles. The molecule has 1 atom stereocenters. The molecule has 2 amide bonds. The van der Waals surface area contributed by atoms with Crippen LogP contribution in [0.2, 0.25) is 0 Å². The number of aromatic nitrogens is 2. The Bertz CT molecular complexity index is 790. The summed E-state index contributed by atoms with van der Waals surface area (Å²) in [5.41, 5.74) is 1.23. The first-order chi connectivity index (χ1) is 13.7. The highest BCUT2D eigenvalue weighted by Gasteiger charge is 2.26. The number of carbonyl (C=O) groups excluding carboxylic acids is 1. The van der Waals surface area contributed by atoms with Gasteiger partial charge in [-0.15, -0.1) is 0 Å². The molecule has 1 N–H and O–H groups in total. The van der Waals surface area contributed by atoms with Crippen molar-refractivity contribution in [2.45, 2.75) is 25.8 Å². The van der Waals surface area contributed by atoms with Gasteiger partial charge in [0.1, 0.15) is 11.6 Å². The number of aryl methyl sites for hydroxylation is 1. The van der Waals surface area contributed by atoms with Crippen molar-refractivity contribution in [2.24, 2.45) is 0 Å². The van der Waals surface area contributed by atoms with Crippen molar-refractivity contribution in [3.63, 3.8) is 0 Å². The lowest BCUT2D eigenvalue weighted by Gasteiger charge is -2.38. The second-order valence-corrected chi connectivity index (χ2v) is 7.51. The predicted molar refractivity (Wildman–Crippen MR) is 111 cm³/mol. The van der Waals surface area contributed by atoms with Gasteiger partial charge in [-0.2, -0.15) is 0 Å². The molecule has 1 aromatic heterocycles. The van der Waals surface area contributed by atoms with Crippen molar-refractivity contribution >= 4 is 17.5 Å². The molecule has 148 valence electrons. The number of nitrogens with one attached hydrogen (secondary N) is 1. The van der Waals surface area contributed by atoms with Crippen LogP contribution in [-0.4, -0.2) is 66.2 Å². The Morgan fingerprint density at radius 1 is 1.04 bits per heavy atom. The van der Waals surface area contributed by atoms with Crippen LogP contribution in [0.25, 0.3) is 0 Å². The lowest BCUT2D eigenvalue weighted by Crippen LogP contribution is -2.56. The second-order valence-electron chi connectivity index (χ2n) is 7.51. The van der Waals surface area contributed by atoms with Gasteiger partial charge in [0.25, 0.3) is 0 Å². The van der Waals surface area contributed by atoms with Crippen molar-refractivity contribution in [3.05, 3.63) is 48.4 Å². The van der Waals surface area contributed by atoms with Gasteiger partial charge in [-0.1, -0.05) is 18.2 Å². The Morgan fingerprint density at radius 3 is 2.57 bits per heavy atom. The van der Waals surface area contributed by atoms with Crippen LogP contribution in [0.5, 0.6) is 0 Å². The summed E-state index contributed by atoms with van der Waals surface area (Å²) in [7, 11) is 0. The van der Waals surface area contributed by atoms with Gasteiger partial charge in [0.15, 0.2) is 0 Å². The topological polar surface area (TPSA) is 64.6 Å². The van der Waals surface area contributed by atoms with Crippen LogP contribution in [0.3, 0.4) is 0 Å². The summed E-state index contributed by atoms with van der Waals surface area (Å²) in [6, 6.07) is 12.6. The van der Waals surface area contributed by atoms with Gasteiger partial charge in [0.05, 0.1) is 0 Å². The van der Waals surface area contributed by atoms with Gasteiger partial charge in [0.2, 0.25) is 0 Å². The first-order valence-corrected chi connectivity index (χ1v) is 10.1. The van der Waals surface area contributed by atoms with Crippen molar-refractivity contribution in [3.8, 4) is 0 Å². The average molecular weight is 380 g/mol. The van der Waals surface area contributed by atoms with E-state index in [1.54, 1.807) is 6.20 Å². The first kappa shape index (κ1) is 18.5. The fraction of sp³-hybridized carbons (Fsp3) is 0.476. The van der Waals surface area contributed by atoms with Gasteiger partial charge in [-0.05, 0) is 38.0 Å². The quantitative estimate of drug-likeness (QED) is 0.885. The fourth-order valence-electron chi connectivity index (χ4n) is 3.99. The van der Waals surface area contributed by atoms with E-state index < -0.39 is 0 Å². The molecule has 3 heterocycles. The number of hydrogen-bond acceptors (Lipinski definition) is 5. The summed E-state index contributed by atoms with van der Waals surface area (Å²) in [5, 5.41) is 3.25. The average Bonchev–Trinajstić information content (AvgIpc) is 2.75. The lowest BCUT2D eigenvalue weighted by molar-refractivity contribution is 0.188. The van der Waals surface area contributed by atoms with E-state index in [9.17, 15) is 4.79 Å². The number of nitrogens with zero attached hydrogens (tertiary/aromatic N) is 5. The third-order valence-electron chi connectivity index (χ3n) is 5.52. The number of rotatable bonds is 3. The number of carbonyl (C=O) groups is 1. The maximum Gasteiger partial charge on any atom is 0.317 e. The molecule has 1 unspecified atom stereocenters. The van der Waals surface area contributed by atoms with E-state index in [1.165, 1.54) is 5.69 Å². The lowest BCUT2D eigenvalue weighted by atomic mass is 10.0. The Kier molecular flexibility index (Phi) is 5.60. The minimum atomic E-state index is 0.0541. The molecule has 2 aromatic rings. The van der Waals surface area contributed by atoms with Crippen LogP contribution >= 0.6 is 0 Å². The zero-order valence-electron chi connectivity index (χ0n) is 16.4. The summed E-state index contributed by atoms with van der Waals surface area (Å²) in [5.74, 6) is 1.72. The molecule has 1 aromatic carbocycles. The van der Waals surface area contributed by atoms with Gasteiger partial charge in [-0.25, -0.2) is 14.8 Å². The first-order valence-electron chi connectivity index (χ1n) is 10.1. The number of anilines is 2. The molecule has 2 saturated heterocycles. The molecule has 2 aliphatic rings. The summed E-state index contributed by atoms with van der Waals surface area (Å²) in [6.07, 6.45) is 3.92. The SMILES string of the molecule is Cc1nccc(N2CCN(C(=O)NC3CCCN(c4ccccc4)C3)CC2)n1. The molecule has 4 rings (SSSR count). The van der Waals surface area contributed by atoms with Crippen LogP contribution < -0.4 is 15.1 Å². The van der Waals surface area contributed by atoms with Crippen molar-refractivity contribution in [2.75, 3.05) is 49.1 Å². The van der Waals surface area contributed by atoms with Crippen molar-refractivity contribution < 1.29 is 4.79 Å². The zero-order valence-corrected chi connectivity index (χ0v) is 16.4. The van der Waals surface area contributed by atoms with E-state index in [-0.39, 0.29) is 12.1 Å². The third-order valence-corrected chi connectivity index (χ3v) is 5.52. The summed E-state index contributed by atoms with van der Waals surface area (Å²) in [4.78, 5) is 27.9. The van der Waals surface area contributed by atoms with Crippen LogP contribution in [0.4, 0.5) is 16.3 Å². The third kappa shape index (κ3) is 4.35. The van der Waals surface area contributed by atoms with Gasteiger partial charge in [0, 0.05) is 57.2 Å². The Labute approximate surface area is 166 Å². The maximum absolute atomic E-state index is 12.8. The van der Waals surface area contributed by atoms with E-state index in [0.717, 1.165) is 50.7 Å². The molecule has 7 nitrogen and oxygen atoms in total. The second kappa shape index (κ2) is 8.46. The van der Waals surface area contributed by atoms with E-state index in [2.05, 4.69) is 49.4 Å². The predicted octanol–water partition coefficient (Wildman–Crippen LogP) is 2.29. The molecular weight excluding hydrogens is 352 g/mol. The van der Waals surface area contributed by atoms with Crippen molar-refractivity contribution in [1.29, 1.82) is 0 Å². The summed E-state index contributed by atoms with van der Waals surface area (Å²) < 4.78 is 0. The van der Waals surface area contributed by atoms with Crippen LogP contribution in [0.15, 0.2) is 42.6 Å². The molecule has 28 heavy (non-hydrogen) atoms. The van der Waals surface area contributed by atoms with E-state index in [4.69, 9.17) is 0 Å². The van der Waals surface area contributed by atoms with Crippen molar-refractivity contribution in [1.82, 2.24) is 20.2 Å². The molecule has 0 saturated carbocycles. The minimum absolute atomic E-state index is 0.0541. The normalized spacial score (nSPS) is 20.2. The molecule has 2 aliphatic heterocycles. The molecular formula is C21H28N6O. The Morgan fingerprint density at radius 2 is 1.82 bits per heavy atom. The van der Waals surface area contributed by atoms with Crippen LogP contribution in [0.1, 0.15) is 18.7 Å². The molecule has 0 bridgehead atoms. The maximum atomic E-state index is 12.8. The highest BCUT2D eigenvalue weighted by atomic mass is 16.2. The highest BCUT2D eigenvalue weighted by molar-refractivity contribution is 5.75. The molecule has 7 heteroatoms. The number of para-hydroxylation sites is 1. The number of urea groups is 1. The number of amides is 2. The smallest absolute Gasteiger partial charge is 0.317 e. The fourth-order valence-corrected chi connectivity index (χ4v) is 3.99. The largest absolute Gasteiger partial charge is 0.369 e. The molecule has 0 spiro atoms. The summed E-state index contributed by atoms with van der Waals surface area (Å²) in [6.45, 7) is 6.84. The Balaban J connectivity index is 1.28. The molecule has 0 radical (unpaired) electrons. The zero-order chi connectivity index (χ0) is 19.3.